The Labute approximate surface area is 143 Å². The van der Waals surface area contributed by atoms with Crippen molar-refractivity contribution >= 4 is 17.4 Å². The Balaban J connectivity index is 0.000000816. The molecule has 5 heteroatoms. The Morgan fingerprint density at radius 3 is 2.30 bits per heavy atom. The molecule has 1 aromatic carbocycles. The van der Waals surface area contributed by atoms with Gasteiger partial charge >= 0.3 is 6.03 Å². The molecule has 0 radical (unpaired) electrons. The highest BCUT2D eigenvalue weighted by atomic mass is 32.1. The molecule has 0 spiro atoms. The first-order valence-electron chi connectivity index (χ1n) is 7.91. The molecule has 2 rings (SSSR count). The number of rotatable bonds is 7. The van der Waals surface area contributed by atoms with Crippen molar-refractivity contribution in [3.8, 4) is 0 Å². The van der Waals surface area contributed by atoms with E-state index in [1.165, 1.54) is 11.1 Å². The van der Waals surface area contributed by atoms with Crippen molar-refractivity contribution < 1.29 is 4.79 Å². The maximum atomic E-state index is 11.6. The Hall–Kier alpha value is -1.85. The van der Waals surface area contributed by atoms with Gasteiger partial charge in [-0.05, 0) is 61.3 Å². The zero-order chi connectivity index (χ0) is 16.8. The Bertz CT molecular complexity index is 514. The average molecular weight is 334 g/mol. The van der Waals surface area contributed by atoms with Gasteiger partial charge in [-0.3, -0.25) is 0 Å². The molecule has 0 atom stereocenters. The van der Waals surface area contributed by atoms with E-state index < -0.39 is 0 Å². The Kier molecular flexibility index (Phi) is 10.6. The van der Waals surface area contributed by atoms with Gasteiger partial charge in [-0.1, -0.05) is 30.3 Å². The molecule has 3 N–H and O–H groups in total. The van der Waals surface area contributed by atoms with Crippen LogP contribution in [0.1, 0.15) is 17.5 Å². The number of urea groups is 1. The summed E-state index contributed by atoms with van der Waals surface area (Å²) in [6.45, 7) is 1.39. The van der Waals surface area contributed by atoms with E-state index in [-0.39, 0.29) is 6.03 Å². The fourth-order valence-corrected chi connectivity index (χ4v) is 2.66. The quantitative estimate of drug-likeness (QED) is 0.682. The summed E-state index contributed by atoms with van der Waals surface area (Å²) in [5, 5.41) is 12.7. The highest BCUT2D eigenvalue weighted by Gasteiger charge is 1.99. The first-order valence-corrected chi connectivity index (χ1v) is 8.85. The second-order valence-corrected chi connectivity index (χ2v) is 5.93. The number of hydrogen-bond donors (Lipinski definition) is 3. The lowest BCUT2D eigenvalue weighted by molar-refractivity contribution is 0.241. The van der Waals surface area contributed by atoms with Crippen molar-refractivity contribution in [1.29, 1.82) is 0 Å². The van der Waals surface area contributed by atoms with Crippen LogP contribution in [0.4, 0.5) is 4.79 Å². The molecule has 1 aromatic heterocycles. The topological polar surface area (TPSA) is 53.2 Å². The maximum Gasteiger partial charge on any atom is 0.314 e. The summed E-state index contributed by atoms with van der Waals surface area (Å²) in [5.74, 6) is 0. The first-order chi connectivity index (χ1) is 11.3. The number of nitrogens with one attached hydrogen (secondary N) is 3. The molecule has 0 fully saturated rings. The number of hydrogen-bond acceptors (Lipinski definition) is 3. The van der Waals surface area contributed by atoms with E-state index in [0.29, 0.717) is 13.1 Å². The van der Waals surface area contributed by atoms with Gasteiger partial charge in [0.15, 0.2) is 0 Å². The van der Waals surface area contributed by atoms with Gasteiger partial charge in [-0.15, -0.1) is 0 Å². The molecule has 126 valence electrons. The summed E-state index contributed by atoms with van der Waals surface area (Å²) >= 11 is 1.68. The highest BCUT2D eigenvalue weighted by Crippen LogP contribution is 2.05. The van der Waals surface area contributed by atoms with Crippen LogP contribution in [0.15, 0.2) is 47.2 Å². The van der Waals surface area contributed by atoms with E-state index in [1.807, 2.05) is 32.3 Å². The summed E-state index contributed by atoms with van der Waals surface area (Å²) < 4.78 is 0. The van der Waals surface area contributed by atoms with Crippen molar-refractivity contribution in [1.82, 2.24) is 16.0 Å². The molecule has 0 aliphatic heterocycles. The van der Waals surface area contributed by atoms with Crippen LogP contribution < -0.4 is 16.0 Å². The lowest BCUT2D eigenvalue weighted by Gasteiger charge is -2.07. The highest BCUT2D eigenvalue weighted by molar-refractivity contribution is 7.07. The van der Waals surface area contributed by atoms with Gasteiger partial charge in [0, 0.05) is 13.1 Å². The maximum absolute atomic E-state index is 11.6. The Morgan fingerprint density at radius 2 is 1.65 bits per heavy atom. The molecular weight excluding hydrogens is 306 g/mol. The lowest BCUT2D eigenvalue weighted by atomic mass is 10.1. The summed E-state index contributed by atoms with van der Waals surface area (Å²) in [6.07, 6.45) is 2.85. The van der Waals surface area contributed by atoms with Crippen molar-refractivity contribution in [2.45, 2.75) is 19.3 Å². The number of amides is 2. The van der Waals surface area contributed by atoms with Gasteiger partial charge in [-0.2, -0.15) is 11.3 Å². The van der Waals surface area contributed by atoms with Crippen molar-refractivity contribution in [2.75, 3.05) is 27.2 Å². The molecule has 2 amide bonds. The van der Waals surface area contributed by atoms with E-state index >= 15 is 0 Å². The van der Waals surface area contributed by atoms with Gasteiger partial charge in [0.2, 0.25) is 0 Å². The van der Waals surface area contributed by atoms with Gasteiger partial charge in [0.1, 0.15) is 0 Å². The molecule has 0 bridgehead atoms. The largest absolute Gasteiger partial charge is 0.338 e. The fourth-order valence-electron chi connectivity index (χ4n) is 1.96. The van der Waals surface area contributed by atoms with E-state index in [1.54, 1.807) is 11.3 Å². The van der Waals surface area contributed by atoms with Crippen molar-refractivity contribution in [3.63, 3.8) is 0 Å². The summed E-state index contributed by atoms with van der Waals surface area (Å²) in [4.78, 5) is 11.6. The standard InChI is InChI=1S/C16H20N2OS.C2H7N/c19-16(18-11-8-15-9-12-20-13-15)17-10-4-7-14-5-2-1-3-6-14;1-3-2/h1-3,5-6,9,12-13H,4,7-8,10-11H2,(H2,17,18,19);3H,1-2H3. The third-order valence-electron chi connectivity index (χ3n) is 3.05. The smallest absolute Gasteiger partial charge is 0.314 e. The molecule has 0 unspecified atom stereocenters. The molecule has 0 aliphatic carbocycles. The molecule has 0 aliphatic rings. The van der Waals surface area contributed by atoms with Crippen LogP contribution in [0.3, 0.4) is 0 Å². The first kappa shape index (κ1) is 19.2. The van der Waals surface area contributed by atoms with Crippen LogP contribution >= 0.6 is 11.3 Å². The molecule has 23 heavy (non-hydrogen) atoms. The minimum atomic E-state index is -0.0757. The molecule has 2 aromatic rings. The third-order valence-corrected chi connectivity index (χ3v) is 3.78. The van der Waals surface area contributed by atoms with E-state index in [0.717, 1.165) is 19.3 Å². The zero-order valence-electron chi connectivity index (χ0n) is 14.0. The zero-order valence-corrected chi connectivity index (χ0v) is 14.8. The van der Waals surface area contributed by atoms with Crippen LogP contribution in [-0.2, 0) is 12.8 Å². The molecular formula is C18H27N3OS. The predicted octanol–water partition coefficient (Wildman–Crippen LogP) is 3.06. The molecule has 4 nitrogen and oxygen atoms in total. The number of aryl methyl sites for hydroxylation is 1. The number of carbonyl (C=O) groups is 1. The molecule has 0 saturated heterocycles. The second kappa shape index (κ2) is 12.7. The summed E-state index contributed by atoms with van der Waals surface area (Å²) in [7, 11) is 3.75. The van der Waals surface area contributed by atoms with Crippen LogP contribution in [0.5, 0.6) is 0 Å². The van der Waals surface area contributed by atoms with Gasteiger partial charge in [-0.25, -0.2) is 4.79 Å². The third kappa shape index (κ3) is 9.71. The van der Waals surface area contributed by atoms with Crippen molar-refractivity contribution in [3.05, 3.63) is 58.3 Å². The average Bonchev–Trinajstić information content (AvgIpc) is 3.07. The van der Waals surface area contributed by atoms with E-state index in [2.05, 4.69) is 44.9 Å². The van der Waals surface area contributed by atoms with Gasteiger partial charge in [0.25, 0.3) is 0 Å². The Morgan fingerprint density at radius 1 is 0.957 bits per heavy atom. The monoisotopic (exact) mass is 333 g/mol. The summed E-state index contributed by atoms with van der Waals surface area (Å²) in [5.41, 5.74) is 2.59. The molecule has 1 heterocycles. The van der Waals surface area contributed by atoms with Gasteiger partial charge in [0.05, 0.1) is 0 Å². The molecule has 0 saturated carbocycles. The summed E-state index contributed by atoms with van der Waals surface area (Å²) in [6, 6.07) is 12.3. The number of carbonyl (C=O) groups excluding carboxylic acids is 1. The number of benzene rings is 1. The van der Waals surface area contributed by atoms with Gasteiger partial charge < -0.3 is 16.0 Å². The minimum absolute atomic E-state index is 0.0757. The lowest BCUT2D eigenvalue weighted by Crippen LogP contribution is -2.37. The number of thiophene rings is 1. The predicted molar refractivity (Wildman–Crippen MR) is 99.2 cm³/mol. The second-order valence-electron chi connectivity index (χ2n) is 5.15. The van der Waals surface area contributed by atoms with Crippen LogP contribution in [0.25, 0.3) is 0 Å². The minimum Gasteiger partial charge on any atom is -0.338 e. The van der Waals surface area contributed by atoms with E-state index in [4.69, 9.17) is 0 Å². The van der Waals surface area contributed by atoms with Crippen LogP contribution in [-0.4, -0.2) is 33.2 Å². The van der Waals surface area contributed by atoms with Crippen LogP contribution in [0.2, 0.25) is 0 Å². The van der Waals surface area contributed by atoms with Crippen LogP contribution in [0, 0.1) is 0 Å². The fraction of sp³-hybridized carbons (Fsp3) is 0.389. The van der Waals surface area contributed by atoms with Crippen molar-refractivity contribution in [2.24, 2.45) is 0 Å². The normalized spacial score (nSPS) is 9.65. The van der Waals surface area contributed by atoms with E-state index in [9.17, 15) is 4.79 Å². The SMILES string of the molecule is CNC.O=C(NCCCc1ccccc1)NCCc1ccsc1.